The molecule has 116 valence electrons. The molecule has 6 nitrogen and oxygen atoms in total. The molecule has 0 amide bonds. The number of rotatable bonds is 3. The maximum Gasteiger partial charge on any atom is 0.278 e. The average molecular weight is 300 g/mol. The molecule has 2 heterocycles. The molecule has 3 rings (SSSR count). The first-order valence-electron chi connectivity index (χ1n) is 7.50. The van der Waals surface area contributed by atoms with Gasteiger partial charge in [-0.2, -0.15) is 0 Å². The molecule has 2 aromatic rings. The summed E-state index contributed by atoms with van der Waals surface area (Å²) in [6.07, 6.45) is 5.61. The fourth-order valence-corrected chi connectivity index (χ4v) is 3.19. The molecule has 22 heavy (non-hydrogen) atoms. The van der Waals surface area contributed by atoms with Crippen LogP contribution in [0.2, 0.25) is 0 Å². The van der Waals surface area contributed by atoms with E-state index in [-0.39, 0.29) is 10.6 Å². The molecule has 1 unspecified atom stereocenters. The van der Waals surface area contributed by atoms with Gasteiger partial charge in [0, 0.05) is 48.7 Å². The van der Waals surface area contributed by atoms with Crippen LogP contribution in [0.5, 0.6) is 0 Å². The Kier molecular flexibility index (Phi) is 3.94. The van der Waals surface area contributed by atoms with Crippen LogP contribution < -0.4 is 4.90 Å². The lowest BCUT2D eigenvalue weighted by Gasteiger charge is -2.38. The van der Waals surface area contributed by atoms with Crippen molar-refractivity contribution in [2.45, 2.75) is 18.9 Å². The Morgan fingerprint density at radius 2 is 2.14 bits per heavy atom. The van der Waals surface area contributed by atoms with Gasteiger partial charge in [0.15, 0.2) is 0 Å². The minimum absolute atomic E-state index is 0.119. The third-order valence-electron chi connectivity index (χ3n) is 4.44. The highest BCUT2D eigenvalue weighted by molar-refractivity contribution is 5.99. The first kappa shape index (κ1) is 14.7. The lowest BCUT2D eigenvalue weighted by Crippen LogP contribution is -2.45. The number of fused-ring (bicyclic) bond motifs is 1. The van der Waals surface area contributed by atoms with Gasteiger partial charge < -0.3 is 9.80 Å². The third kappa shape index (κ3) is 2.62. The lowest BCUT2D eigenvalue weighted by atomic mass is 10.0. The van der Waals surface area contributed by atoms with E-state index in [4.69, 9.17) is 0 Å². The van der Waals surface area contributed by atoms with Gasteiger partial charge in [0.2, 0.25) is 0 Å². The smallest absolute Gasteiger partial charge is 0.278 e. The van der Waals surface area contributed by atoms with Crippen LogP contribution in [0.3, 0.4) is 0 Å². The molecule has 1 aliphatic heterocycles. The average Bonchev–Trinajstić information content (AvgIpc) is 2.53. The molecule has 6 heteroatoms. The topological polar surface area (TPSA) is 62.5 Å². The molecule has 1 atom stereocenters. The predicted molar refractivity (Wildman–Crippen MR) is 87.3 cm³/mol. The van der Waals surface area contributed by atoms with Gasteiger partial charge in [-0.05, 0) is 39.1 Å². The van der Waals surface area contributed by atoms with Crippen molar-refractivity contribution in [2.24, 2.45) is 0 Å². The van der Waals surface area contributed by atoms with Crippen molar-refractivity contribution in [1.29, 1.82) is 0 Å². The van der Waals surface area contributed by atoms with E-state index < -0.39 is 0 Å². The van der Waals surface area contributed by atoms with Crippen LogP contribution in [0.15, 0.2) is 30.6 Å². The van der Waals surface area contributed by atoms with E-state index in [0.29, 0.717) is 11.4 Å². The first-order valence-corrected chi connectivity index (χ1v) is 7.50. The molecule has 1 fully saturated rings. The quantitative estimate of drug-likeness (QED) is 0.644. The second kappa shape index (κ2) is 5.88. The van der Waals surface area contributed by atoms with Crippen molar-refractivity contribution in [3.05, 3.63) is 40.7 Å². The normalized spacial score (nSPS) is 18.9. The van der Waals surface area contributed by atoms with E-state index in [1.807, 2.05) is 12.1 Å². The van der Waals surface area contributed by atoms with Crippen molar-refractivity contribution in [3.8, 4) is 0 Å². The number of nitrogens with zero attached hydrogens (tertiary/aromatic N) is 4. The van der Waals surface area contributed by atoms with E-state index in [2.05, 4.69) is 28.9 Å². The van der Waals surface area contributed by atoms with Crippen LogP contribution in [0.25, 0.3) is 10.8 Å². The summed E-state index contributed by atoms with van der Waals surface area (Å²) in [5, 5.41) is 12.7. The maximum absolute atomic E-state index is 11.2. The maximum atomic E-state index is 11.2. The van der Waals surface area contributed by atoms with Gasteiger partial charge in [-0.1, -0.05) is 0 Å². The van der Waals surface area contributed by atoms with Gasteiger partial charge in [0.25, 0.3) is 5.69 Å². The Hall–Kier alpha value is -2.21. The Labute approximate surface area is 129 Å². The molecule has 0 bridgehead atoms. The summed E-state index contributed by atoms with van der Waals surface area (Å²) in [5.74, 6) is 0. The molecule has 0 spiro atoms. The van der Waals surface area contributed by atoms with E-state index >= 15 is 0 Å². The van der Waals surface area contributed by atoms with Crippen LogP contribution >= 0.6 is 0 Å². The highest BCUT2D eigenvalue weighted by Gasteiger charge is 2.24. The van der Waals surface area contributed by atoms with Gasteiger partial charge >= 0.3 is 0 Å². The number of likely N-dealkylation sites (N-methyl/N-ethyl adjacent to an activating group) is 1. The SMILES string of the molecule is CN(C)C1CCCN(c2ccc([N+](=O)[O-])c3cnccc23)C1. The summed E-state index contributed by atoms with van der Waals surface area (Å²) in [6.45, 7) is 1.93. The van der Waals surface area contributed by atoms with Gasteiger partial charge in [-0.15, -0.1) is 0 Å². The number of piperidine rings is 1. The van der Waals surface area contributed by atoms with Gasteiger partial charge in [-0.25, -0.2) is 0 Å². The number of nitro groups is 1. The van der Waals surface area contributed by atoms with Crippen LogP contribution in [-0.2, 0) is 0 Å². The standard InChI is InChI=1S/C16H20N4O2/c1-18(2)12-4-3-9-19(11-12)15-5-6-16(20(21)22)14-10-17-8-7-13(14)15/h5-8,10,12H,3-4,9,11H2,1-2H3. The number of non-ortho nitro benzene ring substituents is 1. The van der Waals surface area contributed by atoms with E-state index in [9.17, 15) is 10.1 Å². The van der Waals surface area contributed by atoms with Gasteiger partial charge in [-0.3, -0.25) is 15.1 Å². The van der Waals surface area contributed by atoms with Crippen LogP contribution in [-0.4, -0.2) is 48.0 Å². The summed E-state index contributed by atoms with van der Waals surface area (Å²) in [6, 6.07) is 5.86. The molecule has 1 aliphatic rings. The van der Waals surface area contributed by atoms with Crippen molar-refractivity contribution in [2.75, 3.05) is 32.1 Å². The molecular formula is C16H20N4O2. The molecule has 1 saturated heterocycles. The van der Waals surface area contributed by atoms with Crippen molar-refractivity contribution >= 4 is 22.1 Å². The fourth-order valence-electron chi connectivity index (χ4n) is 3.19. The molecule has 0 N–H and O–H groups in total. The monoisotopic (exact) mass is 300 g/mol. The van der Waals surface area contributed by atoms with Crippen LogP contribution in [0.4, 0.5) is 11.4 Å². The lowest BCUT2D eigenvalue weighted by molar-refractivity contribution is -0.383. The van der Waals surface area contributed by atoms with Gasteiger partial charge in [0.05, 0.1) is 10.3 Å². The Morgan fingerprint density at radius 1 is 1.32 bits per heavy atom. The zero-order chi connectivity index (χ0) is 15.7. The second-order valence-electron chi connectivity index (χ2n) is 5.99. The number of anilines is 1. The number of nitro benzene ring substituents is 1. The number of hydrogen-bond donors (Lipinski definition) is 0. The molecule has 1 aromatic carbocycles. The summed E-state index contributed by atoms with van der Waals surface area (Å²) in [5.41, 5.74) is 1.18. The van der Waals surface area contributed by atoms with Crippen molar-refractivity contribution in [1.82, 2.24) is 9.88 Å². The van der Waals surface area contributed by atoms with Crippen molar-refractivity contribution < 1.29 is 4.92 Å². The minimum atomic E-state index is -0.341. The first-order chi connectivity index (χ1) is 10.6. The second-order valence-corrected chi connectivity index (χ2v) is 5.99. The zero-order valence-corrected chi connectivity index (χ0v) is 12.9. The molecule has 0 aliphatic carbocycles. The molecular weight excluding hydrogens is 280 g/mol. The summed E-state index contributed by atoms with van der Waals surface area (Å²) >= 11 is 0. The van der Waals surface area contributed by atoms with E-state index in [1.54, 1.807) is 18.5 Å². The molecule has 1 aromatic heterocycles. The molecule has 0 saturated carbocycles. The predicted octanol–water partition coefficient (Wildman–Crippen LogP) is 2.67. The number of pyridine rings is 1. The van der Waals surface area contributed by atoms with E-state index in [1.165, 1.54) is 6.42 Å². The molecule has 0 radical (unpaired) electrons. The number of benzene rings is 1. The largest absolute Gasteiger partial charge is 0.369 e. The van der Waals surface area contributed by atoms with Crippen LogP contribution in [0.1, 0.15) is 12.8 Å². The highest BCUT2D eigenvalue weighted by Crippen LogP contribution is 2.34. The summed E-state index contributed by atoms with van der Waals surface area (Å²) < 4.78 is 0. The third-order valence-corrected chi connectivity index (χ3v) is 4.44. The van der Waals surface area contributed by atoms with Gasteiger partial charge in [0.1, 0.15) is 0 Å². The Morgan fingerprint density at radius 3 is 2.86 bits per heavy atom. The van der Waals surface area contributed by atoms with E-state index in [0.717, 1.165) is 30.6 Å². The summed E-state index contributed by atoms with van der Waals surface area (Å²) in [7, 11) is 4.21. The fraction of sp³-hybridized carbons (Fsp3) is 0.438. The van der Waals surface area contributed by atoms with Crippen molar-refractivity contribution in [3.63, 3.8) is 0 Å². The Balaban J connectivity index is 2.04. The number of hydrogen-bond acceptors (Lipinski definition) is 5. The zero-order valence-electron chi connectivity index (χ0n) is 12.9. The Bertz CT molecular complexity index is 702. The summed E-state index contributed by atoms with van der Waals surface area (Å²) in [4.78, 5) is 19.5. The van der Waals surface area contributed by atoms with Crippen LogP contribution in [0, 0.1) is 10.1 Å². The minimum Gasteiger partial charge on any atom is -0.369 e. The highest BCUT2D eigenvalue weighted by atomic mass is 16.6. The number of aromatic nitrogens is 1.